The Morgan fingerprint density at radius 1 is 0.500 bits per heavy atom. The van der Waals surface area contributed by atoms with Gasteiger partial charge in [0, 0.05) is 62.1 Å². The second-order valence-corrected chi connectivity index (χ2v) is 22.4. The predicted octanol–water partition coefficient (Wildman–Crippen LogP) is 15.0. The molecule has 3 aromatic heterocycles. The minimum Gasteiger partial charge on any atom is -0.510 e. The largest absolute Gasteiger partial charge is 0.510 e. The molecule has 68 heavy (non-hydrogen) atoms. The first kappa shape index (κ1) is 48.4. The van der Waals surface area contributed by atoms with Crippen LogP contribution in [0.5, 0.6) is 11.5 Å². The maximum atomic E-state index is 6.94. The summed E-state index contributed by atoms with van der Waals surface area (Å²) in [6.07, 6.45) is 9.70. The predicted molar refractivity (Wildman–Crippen MR) is 276 cm³/mol. The van der Waals surface area contributed by atoms with E-state index in [-0.39, 0.29) is 48.1 Å². The van der Waals surface area contributed by atoms with Crippen LogP contribution in [0.1, 0.15) is 129 Å². The van der Waals surface area contributed by atoms with Crippen LogP contribution in [0, 0.1) is 18.5 Å². The van der Waals surface area contributed by atoms with Crippen LogP contribution in [-0.4, -0.2) is 14.1 Å². The van der Waals surface area contributed by atoms with Crippen molar-refractivity contribution in [2.75, 3.05) is 0 Å². The Balaban J connectivity index is 0.00000625. The van der Waals surface area contributed by atoms with Crippen molar-refractivity contribution in [3.63, 3.8) is 0 Å². The van der Waals surface area contributed by atoms with E-state index in [0.29, 0.717) is 11.5 Å². The summed E-state index contributed by atoms with van der Waals surface area (Å²) in [6.45, 7) is 29.5. The summed E-state index contributed by atoms with van der Waals surface area (Å²) in [5.74, 6) is 2.02. The molecule has 0 N–H and O–H groups in total. The molecule has 6 heteroatoms. The van der Waals surface area contributed by atoms with Gasteiger partial charge in [-0.05, 0) is 96.4 Å². The number of aromatic nitrogens is 4. The van der Waals surface area contributed by atoms with E-state index in [9.17, 15) is 0 Å². The second-order valence-electron chi connectivity index (χ2n) is 22.4. The van der Waals surface area contributed by atoms with Crippen molar-refractivity contribution < 1.29 is 30.4 Å². The van der Waals surface area contributed by atoms with Gasteiger partial charge in [-0.3, -0.25) is 4.57 Å². The van der Waals surface area contributed by atoms with Gasteiger partial charge in [0.15, 0.2) is 0 Å². The molecule has 0 aliphatic rings. The van der Waals surface area contributed by atoms with E-state index in [1.165, 1.54) is 33.4 Å². The molecule has 0 radical (unpaired) electrons. The van der Waals surface area contributed by atoms with Gasteiger partial charge < -0.3 is 13.9 Å². The Hall–Kier alpha value is -6.03. The SMILES string of the molecule is CC(C)(C)c1cc(-[n+]2[c-]n(-c3[c-]c(Oc4[c-]c5c(cc4)c4cc(C(C)(C)c6ccccc6)ccc4n5-c4cc(C(C)(C)C)ccn4)cc(C(C)(C)c4ccccc4)c3)cc2)cc(C(C)(C)C)c1.[Pt]. The van der Waals surface area contributed by atoms with Crippen LogP contribution in [0.3, 0.4) is 0 Å². The van der Waals surface area contributed by atoms with Gasteiger partial charge in [-0.25, -0.2) is 4.98 Å². The molecule has 0 fully saturated rings. The number of hydrogen-bond donors (Lipinski definition) is 0. The van der Waals surface area contributed by atoms with Crippen LogP contribution >= 0.6 is 0 Å². The molecular weight excluding hydrogens is 1010 g/mol. The average molecular weight is 1080 g/mol. The first-order valence-electron chi connectivity index (χ1n) is 23.6. The van der Waals surface area contributed by atoms with Crippen LogP contribution < -0.4 is 9.30 Å². The molecule has 6 aromatic carbocycles. The summed E-state index contributed by atoms with van der Waals surface area (Å²) in [5.41, 5.74) is 11.8. The third-order valence-corrected chi connectivity index (χ3v) is 13.7. The van der Waals surface area contributed by atoms with Crippen molar-refractivity contribution in [3.8, 4) is 28.7 Å². The molecule has 0 bridgehead atoms. The molecule has 3 heterocycles. The standard InChI is InChI=1S/C62H64N4O.Pt/c1-58(2,3)44-28-29-63-57(38-44)66-55-27-24-45(61(10,11)42-20-16-14-17-21-42)37-54(55)53-26-25-51(40-56(53)66)67-52-36-48(62(12,13)43-22-18-15-19-23-43)35-50(39-52)65-31-30-64(41-65)49-33-46(59(4,5)6)32-47(34-49)60(7,8)9;/h14-38H,1-13H3;/q-2;. The monoisotopic (exact) mass is 1080 g/mol. The van der Waals surface area contributed by atoms with E-state index in [0.717, 1.165) is 44.6 Å². The zero-order chi connectivity index (χ0) is 47.7. The van der Waals surface area contributed by atoms with Gasteiger partial charge in [0.05, 0.1) is 5.69 Å². The molecule has 9 rings (SSSR count). The van der Waals surface area contributed by atoms with Crippen molar-refractivity contribution >= 4 is 21.8 Å². The molecule has 0 atom stereocenters. The fourth-order valence-electron chi connectivity index (χ4n) is 9.06. The van der Waals surface area contributed by atoms with E-state index in [1.54, 1.807) is 0 Å². The molecule has 0 saturated heterocycles. The molecule has 0 aliphatic heterocycles. The molecule has 0 amide bonds. The normalized spacial score (nSPS) is 12.7. The number of nitrogens with zero attached hydrogens (tertiary/aromatic N) is 4. The van der Waals surface area contributed by atoms with E-state index >= 15 is 0 Å². The van der Waals surface area contributed by atoms with E-state index in [2.05, 4.69) is 257 Å². The zero-order valence-corrected chi connectivity index (χ0v) is 44.2. The van der Waals surface area contributed by atoms with E-state index in [1.807, 2.05) is 16.8 Å². The maximum absolute atomic E-state index is 6.94. The fraction of sp³-hybridized carbons (Fsp3) is 0.290. The van der Waals surface area contributed by atoms with Crippen LogP contribution in [0.2, 0.25) is 0 Å². The first-order chi connectivity index (χ1) is 31.6. The topological polar surface area (TPSA) is 35.9 Å². The number of fused-ring (bicyclic) bond motifs is 3. The summed E-state index contributed by atoms with van der Waals surface area (Å²) >= 11 is 0. The van der Waals surface area contributed by atoms with Crippen LogP contribution in [0.25, 0.3) is 39.0 Å². The van der Waals surface area contributed by atoms with Gasteiger partial charge in [0.1, 0.15) is 5.82 Å². The van der Waals surface area contributed by atoms with Crippen molar-refractivity contribution in [3.05, 3.63) is 209 Å². The zero-order valence-electron chi connectivity index (χ0n) is 41.9. The van der Waals surface area contributed by atoms with Crippen molar-refractivity contribution in [2.24, 2.45) is 0 Å². The number of imidazole rings is 1. The number of hydrogen-bond acceptors (Lipinski definition) is 2. The summed E-state index contributed by atoms with van der Waals surface area (Å²) in [6, 6.07) is 55.4. The van der Waals surface area contributed by atoms with Crippen LogP contribution in [-0.2, 0) is 48.1 Å². The molecule has 0 spiro atoms. The number of ether oxygens (including phenoxy) is 1. The molecule has 5 nitrogen and oxygen atoms in total. The van der Waals surface area contributed by atoms with Crippen LogP contribution in [0.4, 0.5) is 0 Å². The maximum Gasteiger partial charge on any atom is 0.267 e. The van der Waals surface area contributed by atoms with Crippen molar-refractivity contribution in [1.82, 2.24) is 14.1 Å². The van der Waals surface area contributed by atoms with E-state index in [4.69, 9.17) is 9.72 Å². The quantitative estimate of drug-likeness (QED) is 0.107. The van der Waals surface area contributed by atoms with Gasteiger partial charge in [-0.1, -0.05) is 174 Å². The van der Waals surface area contributed by atoms with Crippen molar-refractivity contribution in [1.29, 1.82) is 0 Å². The van der Waals surface area contributed by atoms with Gasteiger partial charge in [-0.15, -0.1) is 35.2 Å². The summed E-state index contributed by atoms with van der Waals surface area (Å²) in [7, 11) is 0. The van der Waals surface area contributed by atoms with Gasteiger partial charge in [0.2, 0.25) is 0 Å². The molecule has 0 aliphatic carbocycles. The van der Waals surface area contributed by atoms with E-state index < -0.39 is 0 Å². The Kier molecular flexibility index (Phi) is 12.7. The molecule has 0 unspecified atom stereocenters. The molecule has 0 saturated carbocycles. The average Bonchev–Trinajstić information content (AvgIpc) is 3.92. The third kappa shape index (κ3) is 9.40. The molecule has 350 valence electrons. The fourth-order valence-corrected chi connectivity index (χ4v) is 9.06. The second kappa shape index (κ2) is 17.8. The minimum absolute atomic E-state index is 0. The summed E-state index contributed by atoms with van der Waals surface area (Å²) in [5, 5.41) is 2.22. The molecule has 9 aromatic rings. The number of pyridine rings is 1. The van der Waals surface area contributed by atoms with Gasteiger partial charge in [0.25, 0.3) is 6.33 Å². The molecular formula is C62H64N4OPt-2. The third-order valence-electron chi connectivity index (χ3n) is 13.7. The van der Waals surface area contributed by atoms with Gasteiger partial charge in [-0.2, -0.15) is 12.1 Å². The summed E-state index contributed by atoms with van der Waals surface area (Å²) in [4.78, 5) is 4.99. The number of rotatable bonds is 9. The smallest absolute Gasteiger partial charge is 0.267 e. The van der Waals surface area contributed by atoms with Gasteiger partial charge >= 0.3 is 0 Å². The summed E-state index contributed by atoms with van der Waals surface area (Å²) < 4.78 is 13.3. The minimum atomic E-state index is -0.357. The van der Waals surface area contributed by atoms with Crippen LogP contribution in [0.15, 0.2) is 152 Å². The Labute approximate surface area is 419 Å². The Bertz CT molecular complexity index is 3230. The Morgan fingerprint density at radius 2 is 1.10 bits per heavy atom. The Morgan fingerprint density at radius 3 is 1.71 bits per heavy atom. The van der Waals surface area contributed by atoms with Crippen molar-refractivity contribution in [2.45, 2.75) is 117 Å². The first-order valence-corrected chi connectivity index (χ1v) is 23.6. The number of benzene rings is 6.